The second-order valence-corrected chi connectivity index (χ2v) is 19.0. The summed E-state index contributed by atoms with van der Waals surface area (Å²) in [5.41, 5.74) is 16.0. The van der Waals surface area contributed by atoms with Crippen molar-refractivity contribution in [1.29, 1.82) is 0 Å². The van der Waals surface area contributed by atoms with Crippen molar-refractivity contribution >= 4 is 11.0 Å². The van der Waals surface area contributed by atoms with Crippen LogP contribution in [0, 0.1) is 13.0 Å². The summed E-state index contributed by atoms with van der Waals surface area (Å²) in [4.78, 5) is 10.4. The molecule has 0 fully saturated rings. The Balaban J connectivity index is 0.00000544. The van der Waals surface area contributed by atoms with Crippen LogP contribution < -0.4 is 0 Å². The Morgan fingerprint density at radius 3 is 1.83 bits per heavy atom. The SMILES string of the molecule is Cc1ccc(-c2ccnc(-c3[c-]c(-c4cccc5c4nc(-c4cc(C(C)(C)C)ccc4O)n5-c4ccc(C(C)(C)C)cc4-c4ccccc4)cc(C(C)(C)C)c3)c2)cc1.[Pt]. The van der Waals surface area contributed by atoms with Gasteiger partial charge in [0.1, 0.15) is 11.6 Å². The summed E-state index contributed by atoms with van der Waals surface area (Å²) in [6.45, 7) is 22.2. The van der Waals surface area contributed by atoms with Crippen molar-refractivity contribution in [3.05, 3.63) is 168 Å². The van der Waals surface area contributed by atoms with Gasteiger partial charge >= 0.3 is 0 Å². The van der Waals surface area contributed by atoms with Gasteiger partial charge in [-0.2, -0.15) is 0 Å². The van der Waals surface area contributed by atoms with Crippen LogP contribution in [-0.2, 0) is 37.3 Å². The molecule has 2 heterocycles. The van der Waals surface area contributed by atoms with Crippen LogP contribution in [0.15, 0.2) is 140 Å². The maximum Gasteiger partial charge on any atom is 0.148 e. The van der Waals surface area contributed by atoms with Crippen LogP contribution >= 0.6 is 0 Å². The number of aryl methyl sites for hydroxylation is 1. The summed E-state index contributed by atoms with van der Waals surface area (Å²) in [6, 6.07) is 50.9. The monoisotopic (exact) mass is 967 g/mol. The van der Waals surface area contributed by atoms with E-state index < -0.39 is 0 Å². The van der Waals surface area contributed by atoms with Crippen molar-refractivity contribution in [1.82, 2.24) is 14.5 Å². The van der Waals surface area contributed by atoms with Crippen molar-refractivity contribution in [2.24, 2.45) is 0 Å². The number of nitrogens with zero attached hydrogens (tertiary/aromatic N) is 3. The predicted molar refractivity (Wildman–Crippen MR) is 247 cm³/mol. The van der Waals surface area contributed by atoms with Gasteiger partial charge in [-0.15, -0.1) is 29.3 Å². The van der Waals surface area contributed by atoms with Crippen LogP contribution in [-0.4, -0.2) is 19.6 Å². The first kappa shape index (κ1) is 42.5. The number of phenolic OH excluding ortho intramolecular Hbond substituents is 1. The third kappa shape index (κ3) is 8.41. The standard InChI is InChI=1S/C55H54N3O.Pt/c1-35-19-21-36(22-20-35)38-27-28-56-47(32-38)40-29-39(30-43(31-40)55(8,9)10)44-17-14-18-49-51(44)57-52(46-34-42(54(5,6)7)24-26-50(46)59)58(49)48-25-23-41(53(2,3)4)33-45(48)37-15-12-11-13-16-37;/h11-28,30-34,59H,1-10H3;/q-1;. The summed E-state index contributed by atoms with van der Waals surface area (Å²) < 4.78 is 2.25. The van der Waals surface area contributed by atoms with Crippen LogP contribution in [0.5, 0.6) is 5.75 Å². The van der Waals surface area contributed by atoms with E-state index in [4.69, 9.17) is 9.97 Å². The molecule has 5 heteroatoms. The number of hydrogen-bond donors (Lipinski definition) is 1. The molecule has 0 aliphatic rings. The Labute approximate surface area is 370 Å². The van der Waals surface area contributed by atoms with Crippen LogP contribution in [0.3, 0.4) is 0 Å². The molecule has 0 aliphatic heterocycles. The van der Waals surface area contributed by atoms with Crippen molar-refractivity contribution in [2.75, 3.05) is 0 Å². The Kier molecular flexibility index (Phi) is 11.4. The van der Waals surface area contributed by atoms with Gasteiger partial charge in [0.2, 0.25) is 0 Å². The minimum absolute atomic E-state index is 0. The smallest absolute Gasteiger partial charge is 0.148 e. The summed E-state index contributed by atoms with van der Waals surface area (Å²) in [7, 11) is 0. The van der Waals surface area contributed by atoms with E-state index in [1.54, 1.807) is 0 Å². The largest absolute Gasteiger partial charge is 0.507 e. The van der Waals surface area contributed by atoms with Gasteiger partial charge in [0, 0.05) is 38.5 Å². The molecular formula is C55H54N3OPt-. The fourth-order valence-corrected chi connectivity index (χ4v) is 7.76. The summed E-state index contributed by atoms with van der Waals surface area (Å²) >= 11 is 0. The Hall–Kier alpha value is -5.57. The average Bonchev–Trinajstić information content (AvgIpc) is 3.59. The maximum atomic E-state index is 11.7. The molecule has 4 nitrogen and oxygen atoms in total. The first-order valence-electron chi connectivity index (χ1n) is 20.6. The Bertz CT molecular complexity index is 2830. The van der Waals surface area contributed by atoms with Gasteiger partial charge in [0.05, 0.1) is 22.3 Å². The van der Waals surface area contributed by atoms with Gasteiger partial charge < -0.3 is 5.11 Å². The molecule has 0 amide bonds. The normalized spacial score (nSPS) is 12.1. The number of rotatable bonds is 6. The van der Waals surface area contributed by atoms with E-state index in [2.05, 4.69) is 201 Å². The summed E-state index contributed by atoms with van der Waals surface area (Å²) in [5.74, 6) is 0.864. The van der Waals surface area contributed by atoms with Crippen LogP contribution in [0.2, 0.25) is 0 Å². The van der Waals surface area contributed by atoms with Gasteiger partial charge in [-0.05, 0) is 87.4 Å². The van der Waals surface area contributed by atoms with Crippen molar-refractivity contribution in [2.45, 2.75) is 85.5 Å². The first-order chi connectivity index (χ1) is 28.0. The van der Waals surface area contributed by atoms with Crippen LogP contribution in [0.25, 0.3) is 72.7 Å². The molecule has 1 N–H and O–H groups in total. The maximum absolute atomic E-state index is 11.7. The molecule has 0 saturated carbocycles. The van der Waals surface area contributed by atoms with Gasteiger partial charge in [-0.1, -0.05) is 164 Å². The van der Waals surface area contributed by atoms with Crippen molar-refractivity contribution < 1.29 is 26.2 Å². The second kappa shape index (κ2) is 16.1. The second-order valence-electron chi connectivity index (χ2n) is 19.0. The third-order valence-electron chi connectivity index (χ3n) is 11.4. The summed E-state index contributed by atoms with van der Waals surface area (Å²) in [5, 5.41) is 11.7. The number of hydrogen-bond acceptors (Lipinski definition) is 3. The molecule has 8 aromatic rings. The number of pyridine rings is 1. The third-order valence-corrected chi connectivity index (χ3v) is 11.4. The molecule has 0 bridgehead atoms. The molecule has 2 aromatic heterocycles. The molecule has 60 heavy (non-hydrogen) atoms. The van der Waals surface area contributed by atoms with Gasteiger partial charge in [-0.25, -0.2) is 4.98 Å². The van der Waals surface area contributed by atoms with Gasteiger partial charge in [0.15, 0.2) is 0 Å². The van der Waals surface area contributed by atoms with Gasteiger partial charge in [-0.3, -0.25) is 9.55 Å². The van der Waals surface area contributed by atoms with Crippen molar-refractivity contribution in [3.8, 4) is 67.5 Å². The Morgan fingerprint density at radius 2 is 1.17 bits per heavy atom. The molecule has 6 aromatic carbocycles. The zero-order valence-electron chi connectivity index (χ0n) is 36.4. The number of benzene rings is 6. The number of fused-ring (bicyclic) bond motifs is 1. The van der Waals surface area contributed by atoms with E-state index >= 15 is 0 Å². The van der Waals surface area contributed by atoms with E-state index in [0.29, 0.717) is 11.4 Å². The number of aromatic nitrogens is 3. The van der Waals surface area contributed by atoms with E-state index in [0.717, 1.165) is 66.9 Å². The zero-order valence-corrected chi connectivity index (χ0v) is 38.7. The van der Waals surface area contributed by atoms with E-state index in [1.165, 1.54) is 16.7 Å². The Morgan fingerprint density at radius 1 is 0.533 bits per heavy atom. The molecule has 0 saturated heterocycles. The number of phenols is 1. The van der Waals surface area contributed by atoms with E-state index in [9.17, 15) is 5.11 Å². The minimum atomic E-state index is -0.149. The fourth-order valence-electron chi connectivity index (χ4n) is 7.76. The topological polar surface area (TPSA) is 50.9 Å². The number of aromatic hydroxyl groups is 1. The van der Waals surface area contributed by atoms with Gasteiger partial charge in [0.25, 0.3) is 0 Å². The fraction of sp³-hybridized carbons (Fsp3) is 0.236. The molecule has 306 valence electrons. The summed E-state index contributed by atoms with van der Waals surface area (Å²) in [6.07, 6.45) is 1.89. The number of para-hydroxylation sites is 1. The molecule has 0 radical (unpaired) electrons. The average molecular weight is 968 g/mol. The predicted octanol–water partition coefficient (Wildman–Crippen LogP) is 14.5. The zero-order chi connectivity index (χ0) is 41.9. The first-order valence-corrected chi connectivity index (χ1v) is 20.6. The van der Waals surface area contributed by atoms with Crippen LogP contribution in [0.4, 0.5) is 0 Å². The molecule has 0 unspecified atom stereocenters. The van der Waals surface area contributed by atoms with Crippen molar-refractivity contribution in [3.63, 3.8) is 0 Å². The molecule has 8 rings (SSSR count). The number of imidazole rings is 1. The van der Waals surface area contributed by atoms with Crippen LogP contribution in [0.1, 0.15) is 84.6 Å². The van der Waals surface area contributed by atoms with E-state index in [-0.39, 0.29) is 43.1 Å². The quantitative estimate of drug-likeness (QED) is 0.169. The minimum Gasteiger partial charge on any atom is -0.507 e. The molecule has 0 atom stereocenters. The van der Waals surface area contributed by atoms with E-state index in [1.807, 2.05) is 18.3 Å². The molecule has 0 spiro atoms. The molecular weight excluding hydrogens is 914 g/mol. The molecule has 0 aliphatic carbocycles.